The zero-order valence-corrected chi connectivity index (χ0v) is 11.7. The fraction of sp³-hybridized carbons (Fsp3) is 0.545. The lowest BCUT2D eigenvalue weighted by atomic mass is 10.3. The first-order valence-corrected chi connectivity index (χ1v) is 8.47. The van der Waals surface area contributed by atoms with Crippen LogP contribution in [0, 0.1) is 0 Å². The maximum Gasteiger partial charge on any atom is 0.260 e. The summed E-state index contributed by atoms with van der Waals surface area (Å²) >= 11 is 1.79. The summed E-state index contributed by atoms with van der Waals surface area (Å²) in [4.78, 5) is 4.01. The molecule has 0 bridgehead atoms. The van der Waals surface area contributed by atoms with Crippen LogP contribution < -0.4 is 5.73 Å². The van der Waals surface area contributed by atoms with Crippen molar-refractivity contribution in [2.75, 3.05) is 24.6 Å². The lowest BCUT2D eigenvalue weighted by molar-refractivity contribution is 0.432. The van der Waals surface area contributed by atoms with E-state index < -0.39 is 10.0 Å². The van der Waals surface area contributed by atoms with Crippen molar-refractivity contribution in [2.24, 2.45) is 5.73 Å². The van der Waals surface area contributed by atoms with E-state index in [1.807, 2.05) is 0 Å². The van der Waals surface area contributed by atoms with Crippen molar-refractivity contribution in [3.63, 3.8) is 0 Å². The highest BCUT2D eigenvalue weighted by Crippen LogP contribution is 2.18. The largest absolute Gasteiger partial charge is 0.326 e. The molecule has 0 atom stereocenters. The zero-order valence-electron chi connectivity index (χ0n) is 10.1. The molecule has 1 fully saturated rings. The smallest absolute Gasteiger partial charge is 0.260 e. The van der Waals surface area contributed by atoms with Crippen LogP contribution in [0.3, 0.4) is 0 Å². The number of rotatable bonds is 3. The lowest BCUT2D eigenvalue weighted by Gasteiger charge is -2.18. The molecule has 0 unspecified atom stereocenters. The van der Waals surface area contributed by atoms with Crippen molar-refractivity contribution >= 4 is 21.8 Å². The van der Waals surface area contributed by atoms with Gasteiger partial charge in [-0.25, -0.2) is 13.4 Å². The molecule has 0 spiro atoms. The average molecular weight is 287 g/mol. The van der Waals surface area contributed by atoms with E-state index in [0.717, 1.165) is 23.5 Å². The van der Waals surface area contributed by atoms with Gasteiger partial charge < -0.3 is 5.73 Å². The molecule has 0 radical (unpaired) electrons. The Morgan fingerprint density at radius 3 is 2.83 bits per heavy atom. The molecule has 1 aliphatic rings. The summed E-state index contributed by atoms with van der Waals surface area (Å²) in [5, 5.41) is 0.117. The van der Waals surface area contributed by atoms with Gasteiger partial charge in [-0.1, -0.05) is 6.07 Å². The Kier molecular flexibility index (Phi) is 4.60. The molecule has 18 heavy (non-hydrogen) atoms. The molecule has 5 nitrogen and oxygen atoms in total. The highest BCUT2D eigenvalue weighted by atomic mass is 32.2. The maximum atomic E-state index is 12.4. The van der Waals surface area contributed by atoms with Gasteiger partial charge in [-0.05, 0) is 23.8 Å². The third-order valence-electron chi connectivity index (χ3n) is 2.82. The van der Waals surface area contributed by atoms with Gasteiger partial charge in [0.15, 0.2) is 5.03 Å². The molecule has 7 heteroatoms. The van der Waals surface area contributed by atoms with Gasteiger partial charge in [0, 0.05) is 31.6 Å². The van der Waals surface area contributed by atoms with E-state index in [0.29, 0.717) is 19.6 Å². The van der Waals surface area contributed by atoms with Crippen molar-refractivity contribution in [1.82, 2.24) is 9.29 Å². The Morgan fingerprint density at radius 1 is 1.33 bits per heavy atom. The van der Waals surface area contributed by atoms with Gasteiger partial charge in [-0.2, -0.15) is 16.1 Å². The monoisotopic (exact) mass is 287 g/mol. The summed E-state index contributed by atoms with van der Waals surface area (Å²) in [7, 11) is -3.44. The van der Waals surface area contributed by atoms with Gasteiger partial charge in [-0.3, -0.25) is 0 Å². The third-order valence-corrected chi connectivity index (χ3v) is 5.68. The summed E-state index contributed by atoms with van der Waals surface area (Å²) in [6.45, 7) is 1.51. The van der Waals surface area contributed by atoms with Crippen molar-refractivity contribution in [3.05, 3.63) is 23.9 Å². The fourth-order valence-corrected chi connectivity index (χ4v) is 4.17. The minimum atomic E-state index is -3.44. The van der Waals surface area contributed by atoms with E-state index >= 15 is 0 Å². The number of hydrogen-bond acceptors (Lipinski definition) is 5. The third kappa shape index (κ3) is 3.03. The van der Waals surface area contributed by atoms with Gasteiger partial charge in [-0.15, -0.1) is 0 Å². The molecular formula is C11H17N3O2S2. The van der Waals surface area contributed by atoms with E-state index in [4.69, 9.17) is 5.73 Å². The molecule has 0 saturated carbocycles. The average Bonchev–Trinajstić information content (AvgIpc) is 2.68. The number of thioether (sulfide) groups is 1. The topological polar surface area (TPSA) is 76.3 Å². The van der Waals surface area contributed by atoms with E-state index in [1.165, 1.54) is 16.6 Å². The zero-order chi connectivity index (χ0) is 13.0. The van der Waals surface area contributed by atoms with Crippen LogP contribution in [0.1, 0.15) is 12.0 Å². The normalized spacial score (nSPS) is 18.5. The van der Waals surface area contributed by atoms with Crippen LogP contribution in [0.25, 0.3) is 0 Å². The number of nitrogens with zero attached hydrogens (tertiary/aromatic N) is 2. The van der Waals surface area contributed by atoms with Gasteiger partial charge in [0.2, 0.25) is 0 Å². The maximum absolute atomic E-state index is 12.4. The van der Waals surface area contributed by atoms with E-state index in [2.05, 4.69) is 4.98 Å². The van der Waals surface area contributed by atoms with Crippen molar-refractivity contribution in [3.8, 4) is 0 Å². The molecule has 1 aromatic rings. The molecule has 100 valence electrons. The summed E-state index contributed by atoms with van der Waals surface area (Å²) in [6, 6.07) is 3.25. The standard InChI is InChI=1S/C11H17N3O2S2/c12-8-10-2-3-11(13-9-10)18(15,16)14-4-1-6-17-7-5-14/h2-3,9H,1,4-8,12H2. The number of aromatic nitrogens is 1. The van der Waals surface area contributed by atoms with Gasteiger partial charge in [0.25, 0.3) is 10.0 Å². The summed E-state index contributed by atoms with van der Waals surface area (Å²) < 4.78 is 26.3. The highest BCUT2D eigenvalue weighted by Gasteiger charge is 2.26. The minimum absolute atomic E-state index is 0.117. The van der Waals surface area contributed by atoms with Crippen LogP contribution in [-0.2, 0) is 16.6 Å². The summed E-state index contributed by atoms with van der Waals surface area (Å²) in [5.41, 5.74) is 6.30. The molecule has 0 aliphatic carbocycles. The van der Waals surface area contributed by atoms with Gasteiger partial charge in [0.05, 0.1) is 0 Å². The van der Waals surface area contributed by atoms with E-state index in [-0.39, 0.29) is 5.03 Å². The number of sulfonamides is 1. The van der Waals surface area contributed by atoms with Crippen LogP contribution >= 0.6 is 11.8 Å². The molecule has 1 aromatic heterocycles. The van der Waals surface area contributed by atoms with Crippen LogP contribution in [0.15, 0.2) is 23.4 Å². The van der Waals surface area contributed by atoms with Gasteiger partial charge in [0.1, 0.15) is 0 Å². The van der Waals surface area contributed by atoms with Crippen molar-refractivity contribution < 1.29 is 8.42 Å². The SMILES string of the molecule is NCc1ccc(S(=O)(=O)N2CCCSCC2)nc1. The highest BCUT2D eigenvalue weighted by molar-refractivity contribution is 7.99. The second-order valence-corrected chi connectivity index (χ2v) is 7.19. The Hall–Kier alpha value is -0.630. The first-order valence-electron chi connectivity index (χ1n) is 5.87. The predicted octanol–water partition coefficient (Wildman–Crippen LogP) is 0.668. The molecule has 0 amide bonds. The predicted molar refractivity (Wildman–Crippen MR) is 72.8 cm³/mol. The van der Waals surface area contributed by atoms with Crippen LogP contribution in [0.5, 0.6) is 0 Å². The first-order chi connectivity index (χ1) is 8.64. The van der Waals surface area contributed by atoms with Crippen molar-refractivity contribution in [1.29, 1.82) is 0 Å². The molecule has 2 rings (SSSR count). The minimum Gasteiger partial charge on any atom is -0.326 e. The fourth-order valence-electron chi connectivity index (χ4n) is 1.78. The Bertz CT molecular complexity index is 480. The van der Waals surface area contributed by atoms with E-state index in [9.17, 15) is 8.42 Å². The van der Waals surface area contributed by atoms with E-state index in [1.54, 1.807) is 17.8 Å². The Balaban J connectivity index is 2.22. The van der Waals surface area contributed by atoms with Gasteiger partial charge >= 0.3 is 0 Å². The molecule has 1 saturated heterocycles. The number of nitrogens with two attached hydrogens (primary N) is 1. The van der Waals surface area contributed by atoms with Crippen LogP contribution in [0.4, 0.5) is 0 Å². The molecule has 1 aliphatic heterocycles. The van der Waals surface area contributed by atoms with Crippen LogP contribution in [0.2, 0.25) is 0 Å². The summed E-state index contributed by atoms with van der Waals surface area (Å²) in [5.74, 6) is 1.87. The second-order valence-electron chi connectivity index (χ2n) is 4.08. The number of pyridine rings is 1. The second kappa shape index (κ2) is 6.01. The van der Waals surface area contributed by atoms with Crippen LogP contribution in [-0.4, -0.2) is 42.3 Å². The molecular weight excluding hydrogens is 270 g/mol. The molecule has 0 aromatic carbocycles. The quantitative estimate of drug-likeness (QED) is 0.884. The Morgan fingerprint density at radius 2 is 2.17 bits per heavy atom. The molecule has 2 N–H and O–H groups in total. The summed E-state index contributed by atoms with van der Waals surface area (Å²) in [6.07, 6.45) is 2.42. The number of hydrogen-bond donors (Lipinski definition) is 1. The van der Waals surface area contributed by atoms with Crippen molar-refractivity contribution in [2.45, 2.75) is 18.0 Å². The first kappa shape index (κ1) is 13.8. The molecule has 2 heterocycles. The Labute approximate surface area is 112 Å². The lowest BCUT2D eigenvalue weighted by Crippen LogP contribution is -2.33.